The van der Waals surface area contributed by atoms with Crippen molar-refractivity contribution in [3.63, 3.8) is 0 Å². The number of benzene rings is 2. The zero-order valence-electron chi connectivity index (χ0n) is 15.7. The SMILES string of the molecule is CC(C)(C)NS(=O)(=O)c1ccc(C(=O)N2CCCSc3ccccc32)cc1. The van der Waals surface area contributed by atoms with Crippen LogP contribution >= 0.6 is 11.8 Å². The molecule has 0 spiro atoms. The van der Waals surface area contributed by atoms with E-state index >= 15 is 0 Å². The van der Waals surface area contributed by atoms with Crippen LogP contribution in [0, 0.1) is 0 Å². The normalized spacial score (nSPS) is 15.1. The summed E-state index contributed by atoms with van der Waals surface area (Å²) in [5.41, 5.74) is 0.823. The molecule has 0 fully saturated rings. The fourth-order valence-electron chi connectivity index (χ4n) is 2.93. The van der Waals surface area contributed by atoms with Crippen molar-refractivity contribution in [2.24, 2.45) is 0 Å². The number of carbonyl (C=O) groups excluding carboxylic acids is 1. The van der Waals surface area contributed by atoms with Gasteiger partial charge in [0.25, 0.3) is 5.91 Å². The van der Waals surface area contributed by atoms with E-state index in [0.717, 1.165) is 22.8 Å². The first-order valence-electron chi connectivity index (χ1n) is 8.85. The Morgan fingerprint density at radius 2 is 1.74 bits per heavy atom. The molecule has 1 heterocycles. The molecule has 0 aliphatic carbocycles. The zero-order valence-corrected chi connectivity index (χ0v) is 17.4. The summed E-state index contributed by atoms with van der Waals surface area (Å²) >= 11 is 1.76. The summed E-state index contributed by atoms with van der Waals surface area (Å²) < 4.78 is 27.5. The van der Waals surface area contributed by atoms with E-state index in [1.807, 2.05) is 24.3 Å². The zero-order chi connectivity index (χ0) is 19.7. The lowest BCUT2D eigenvalue weighted by Crippen LogP contribution is -2.40. The molecule has 2 aromatic carbocycles. The summed E-state index contributed by atoms with van der Waals surface area (Å²) in [6, 6.07) is 14.0. The second-order valence-corrected chi connectivity index (χ2v) is 10.3. The lowest BCUT2D eigenvalue weighted by Gasteiger charge is -2.23. The Labute approximate surface area is 165 Å². The molecule has 27 heavy (non-hydrogen) atoms. The van der Waals surface area contributed by atoms with E-state index in [2.05, 4.69) is 4.72 Å². The first-order chi connectivity index (χ1) is 12.7. The molecule has 1 aliphatic heterocycles. The standard InChI is InChI=1S/C20H24N2O3S2/c1-20(2,3)21-27(24,25)16-11-9-15(10-12-16)19(23)22-13-6-14-26-18-8-5-4-7-17(18)22/h4-5,7-12,21H,6,13-14H2,1-3H3. The third kappa shape index (κ3) is 4.72. The van der Waals surface area contributed by atoms with E-state index in [0.29, 0.717) is 12.1 Å². The average molecular weight is 405 g/mol. The molecule has 0 radical (unpaired) electrons. The molecular formula is C20H24N2O3S2. The van der Waals surface area contributed by atoms with Gasteiger partial charge in [0.1, 0.15) is 0 Å². The summed E-state index contributed by atoms with van der Waals surface area (Å²) in [6.07, 6.45) is 0.910. The summed E-state index contributed by atoms with van der Waals surface area (Å²) in [6.45, 7) is 6.01. The number of nitrogens with one attached hydrogen (secondary N) is 1. The third-order valence-electron chi connectivity index (χ3n) is 4.04. The molecule has 3 rings (SSSR count). The largest absolute Gasteiger partial charge is 0.307 e. The quantitative estimate of drug-likeness (QED) is 0.842. The minimum absolute atomic E-state index is 0.113. The van der Waals surface area contributed by atoms with E-state index in [-0.39, 0.29) is 10.8 Å². The number of thioether (sulfide) groups is 1. The number of sulfonamides is 1. The Morgan fingerprint density at radius 1 is 1.07 bits per heavy atom. The van der Waals surface area contributed by atoms with E-state index in [4.69, 9.17) is 0 Å². The van der Waals surface area contributed by atoms with Gasteiger partial charge in [0, 0.05) is 22.5 Å². The van der Waals surface area contributed by atoms with Crippen molar-refractivity contribution in [3.05, 3.63) is 54.1 Å². The Hall–Kier alpha value is -1.83. The monoisotopic (exact) mass is 404 g/mol. The fourth-order valence-corrected chi connectivity index (χ4v) is 5.35. The Bertz CT molecular complexity index is 932. The van der Waals surface area contributed by atoms with Crippen molar-refractivity contribution in [2.75, 3.05) is 17.2 Å². The summed E-state index contributed by atoms with van der Waals surface area (Å²) in [7, 11) is -3.62. The Balaban J connectivity index is 1.87. The summed E-state index contributed by atoms with van der Waals surface area (Å²) in [5.74, 6) is 0.855. The van der Waals surface area contributed by atoms with Crippen LogP contribution in [0.2, 0.25) is 0 Å². The van der Waals surface area contributed by atoms with Gasteiger partial charge in [-0.05, 0) is 69.3 Å². The number of para-hydroxylation sites is 1. The number of hydrogen-bond donors (Lipinski definition) is 1. The van der Waals surface area contributed by atoms with Crippen molar-refractivity contribution in [1.82, 2.24) is 4.72 Å². The number of amides is 1. The lowest BCUT2D eigenvalue weighted by molar-refractivity contribution is 0.0986. The average Bonchev–Trinajstić information content (AvgIpc) is 2.82. The molecule has 2 aromatic rings. The highest BCUT2D eigenvalue weighted by Gasteiger charge is 2.25. The van der Waals surface area contributed by atoms with Crippen molar-refractivity contribution < 1.29 is 13.2 Å². The topological polar surface area (TPSA) is 66.5 Å². The van der Waals surface area contributed by atoms with Gasteiger partial charge in [0.2, 0.25) is 10.0 Å². The van der Waals surface area contributed by atoms with Gasteiger partial charge in [-0.3, -0.25) is 4.79 Å². The molecule has 0 saturated carbocycles. The van der Waals surface area contributed by atoms with Crippen molar-refractivity contribution >= 4 is 33.4 Å². The molecule has 144 valence electrons. The van der Waals surface area contributed by atoms with Gasteiger partial charge in [-0.1, -0.05) is 12.1 Å². The van der Waals surface area contributed by atoms with Gasteiger partial charge in [-0.25, -0.2) is 13.1 Å². The molecule has 0 atom stereocenters. The predicted molar refractivity (Wildman–Crippen MR) is 110 cm³/mol. The van der Waals surface area contributed by atoms with Crippen LogP contribution in [0.3, 0.4) is 0 Å². The molecule has 1 N–H and O–H groups in total. The summed E-state index contributed by atoms with van der Waals surface area (Å²) in [4.78, 5) is 16.1. The maximum atomic E-state index is 13.1. The van der Waals surface area contributed by atoms with E-state index in [1.165, 1.54) is 12.1 Å². The van der Waals surface area contributed by atoms with E-state index < -0.39 is 15.6 Å². The van der Waals surface area contributed by atoms with E-state index in [1.54, 1.807) is 49.6 Å². The Kier molecular flexibility index (Phi) is 5.65. The first-order valence-corrected chi connectivity index (χ1v) is 11.3. The van der Waals surface area contributed by atoms with Crippen LogP contribution in [0.4, 0.5) is 5.69 Å². The number of hydrogen-bond acceptors (Lipinski definition) is 4. The molecule has 7 heteroatoms. The molecular weight excluding hydrogens is 380 g/mol. The highest BCUT2D eigenvalue weighted by molar-refractivity contribution is 7.99. The lowest BCUT2D eigenvalue weighted by atomic mass is 10.1. The number of fused-ring (bicyclic) bond motifs is 1. The van der Waals surface area contributed by atoms with Crippen LogP contribution in [0.5, 0.6) is 0 Å². The van der Waals surface area contributed by atoms with Crippen molar-refractivity contribution in [1.29, 1.82) is 0 Å². The predicted octanol–water partition coefficient (Wildman–Crippen LogP) is 3.91. The van der Waals surface area contributed by atoms with E-state index in [9.17, 15) is 13.2 Å². The number of nitrogens with zero attached hydrogens (tertiary/aromatic N) is 1. The molecule has 0 bridgehead atoms. The maximum Gasteiger partial charge on any atom is 0.258 e. The minimum atomic E-state index is -3.62. The molecule has 0 unspecified atom stereocenters. The Morgan fingerprint density at radius 3 is 2.41 bits per heavy atom. The molecule has 0 aromatic heterocycles. The van der Waals surface area contributed by atoms with Crippen molar-refractivity contribution in [3.8, 4) is 0 Å². The van der Waals surface area contributed by atoms with Crippen LogP contribution in [-0.4, -0.2) is 32.2 Å². The molecule has 1 aliphatic rings. The van der Waals surface area contributed by atoms with Gasteiger partial charge < -0.3 is 4.90 Å². The number of rotatable bonds is 3. The second-order valence-electron chi connectivity index (χ2n) is 7.51. The number of anilines is 1. The second kappa shape index (κ2) is 7.66. The van der Waals surface area contributed by atoms with Gasteiger partial charge in [-0.2, -0.15) is 0 Å². The van der Waals surface area contributed by atoms with Crippen LogP contribution in [-0.2, 0) is 10.0 Å². The number of carbonyl (C=O) groups is 1. The van der Waals surface area contributed by atoms with Crippen LogP contribution in [0.15, 0.2) is 58.3 Å². The van der Waals surface area contributed by atoms with Gasteiger partial charge in [0.05, 0.1) is 10.6 Å². The molecule has 1 amide bonds. The first kappa shape index (κ1) is 19.9. The third-order valence-corrected chi connectivity index (χ3v) is 6.96. The maximum absolute atomic E-state index is 13.1. The summed E-state index contributed by atoms with van der Waals surface area (Å²) in [5, 5.41) is 0. The highest BCUT2D eigenvalue weighted by atomic mass is 32.2. The highest BCUT2D eigenvalue weighted by Crippen LogP contribution is 2.34. The van der Waals surface area contributed by atoms with Crippen LogP contribution in [0.25, 0.3) is 0 Å². The minimum Gasteiger partial charge on any atom is -0.307 e. The van der Waals surface area contributed by atoms with Gasteiger partial charge >= 0.3 is 0 Å². The van der Waals surface area contributed by atoms with Crippen LogP contribution in [0.1, 0.15) is 37.6 Å². The van der Waals surface area contributed by atoms with Crippen LogP contribution < -0.4 is 9.62 Å². The fraction of sp³-hybridized carbons (Fsp3) is 0.350. The molecule has 0 saturated heterocycles. The smallest absolute Gasteiger partial charge is 0.258 e. The van der Waals surface area contributed by atoms with Crippen molar-refractivity contribution in [2.45, 2.75) is 42.5 Å². The molecule has 5 nitrogen and oxygen atoms in total. The van der Waals surface area contributed by atoms with Gasteiger partial charge in [-0.15, -0.1) is 11.8 Å². The van der Waals surface area contributed by atoms with Gasteiger partial charge in [0.15, 0.2) is 0 Å².